The van der Waals surface area contributed by atoms with Gasteiger partial charge >= 0.3 is 0 Å². The number of carbonyl (C=O) groups excluding carboxylic acids is 1. The second-order valence-electron chi connectivity index (χ2n) is 8.01. The summed E-state index contributed by atoms with van der Waals surface area (Å²) in [7, 11) is 1.56. The Bertz CT molecular complexity index is 441. The van der Waals surface area contributed by atoms with E-state index in [1.54, 1.807) is 7.11 Å². The van der Waals surface area contributed by atoms with Crippen molar-refractivity contribution in [1.82, 2.24) is 4.90 Å². The monoisotopic (exact) mass is 387 g/mol. The van der Waals surface area contributed by atoms with E-state index in [4.69, 9.17) is 9.47 Å². The summed E-state index contributed by atoms with van der Waals surface area (Å²) in [5.74, 6) is 1.32. The van der Waals surface area contributed by atoms with Gasteiger partial charge in [0.25, 0.3) is 0 Å². The van der Waals surface area contributed by atoms with Crippen molar-refractivity contribution in [3.05, 3.63) is 0 Å². The molecule has 0 spiro atoms. The van der Waals surface area contributed by atoms with Gasteiger partial charge in [0.15, 0.2) is 0 Å². The number of ether oxygens (including phenoxy) is 2. The van der Waals surface area contributed by atoms with Crippen LogP contribution in [0.25, 0.3) is 0 Å². The van der Waals surface area contributed by atoms with E-state index in [-0.39, 0.29) is 24.7 Å². The van der Waals surface area contributed by atoms with Crippen molar-refractivity contribution >= 4 is 17.7 Å². The van der Waals surface area contributed by atoms with Gasteiger partial charge in [0.2, 0.25) is 5.91 Å². The van der Waals surface area contributed by atoms with E-state index < -0.39 is 6.17 Å². The number of thioether (sulfide) groups is 1. The molecule has 4 nitrogen and oxygen atoms in total. The molecule has 0 radical (unpaired) electrons. The van der Waals surface area contributed by atoms with E-state index in [1.807, 2.05) is 11.8 Å². The Kier molecular flexibility index (Phi) is 8.07. The summed E-state index contributed by atoms with van der Waals surface area (Å²) in [6, 6.07) is 0.374. The number of nitrogens with zero attached hydrogens (tertiary/aromatic N) is 1. The zero-order valence-electron chi connectivity index (χ0n) is 16.0. The molecule has 0 N–H and O–H groups in total. The number of halogens is 1. The van der Waals surface area contributed by atoms with Gasteiger partial charge < -0.3 is 14.4 Å². The fourth-order valence-electron chi connectivity index (χ4n) is 4.60. The van der Waals surface area contributed by atoms with Crippen LogP contribution >= 0.6 is 11.8 Å². The molecule has 4 atom stereocenters. The second kappa shape index (κ2) is 10.3. The first-order valence-electron chi connectivity index (χ1n) is 10.4. The second-order valence-corrected chi connectivity index (χ2v) is 9.42. The highest BCUT2D eigenvalue weighted by Crippen LogP contribution is 2.30. The Hall–Kier alpha value is -0.330. The maximum atomic E-state index is 14.0. The minimum absolute atomic E-state index is 0.100. The minimum atomic E-state index is -0.988. The highest BCUT2D eigenvalue weighted by atomic mass is 32.2. The molecule has 0 bridgehead atoms. The Morgan fingerprint density at radius 3 is 2.58 bits per heavy atom. The SMILES string of the molecule is COC1CCC(OCC(=O)N(CC2CCCS2)C2CCCCC2)CC1F. The zero-order chi connectivity index (χ0) is 18.4. The van der Waals surface area contributed by atoms with E-state index >= 15 is 0 Å². The highest BCUT2D eigenvalue weighted by Gasteiger charge is 2.33. The van der Waals surface area contributed by atoms with Crippen molar-refractivity contribution in [2.24, 2.45) is 0 Å². The summed E-state index contributed by atoms with van der Waals surface area (Å²) < 4.78 is 25.1. The lowest BCUT2D eigenvalue weighted by atomic mass is 9.93. The van der Waals surface area contributed by atoms with E-state index in [0.29, 0.717) is 24.1 Å². The smallest absolute Gasteiger partial charge is 0.248 e. The summed E-state index contributed by atoms with van der Waals surface area (Å²) in [6.07, 6.45) is 8.76. The average Bonchev–Trinajstić information content (AvgIpc) is 3.18. The standard InChI is InChI=1S/C20H34FNO3S/c1-24-19-10-9-16(12-18(19)21)25-14-20(23)22(13-17-8-5-11-26-17)15-6-3-2-4-7-15/h15-19H,2-14H2,1H3. The summed E-state index contributed by atoms with van der Waals surface area (Å²) in [5.41, 5.74) is 0. The number of carbonyl (C=O) groups is 1. The topological polar surface area (TPSA) is 38.8 Å². The van der Waals surface area contributed by atoms with Crippen LogP contribution in [-0.2, 0) is 14.3 Å². The lowest BCUT2D eigenvalue weighted by Gasteiger charge is -2.36. The quantitative estimate of drug-likeness (QED) is 0.663. The molecule has 0 aromatic heterocycles. The molecule has 1 amide bonds. The predicted octanol–water partition coefficient (Wildman–Crippen LogP) is 3.97. The normalized spacial score (nSPS) is 33.3. The van der Waals surface area contributed by atoms with Crippen LogP contribution in [0, 0.1) is 0 Å². The van der Waals surface area contributed by atoms with Crippen LogP contribution in [0.5, 0.6) is 0 Å². The highest BCUT2D eigenvalue weighted by molar-refractivity contribution is 8.00. The van der Waals surface area contributed by atoms with Gasteiger partial charge in [-0.05, 0) is 44.3 Å². The lowest BCUT2D eigenvalue weighted by molar-refractivity contribution is -0.143. The minimum Gasteiger partial charge on any atom is -0.378 e. The Morgan fingerprint density at radius 1 is 1.12 bits per heavy atom. The number of hydrogen-bond acceptors (Lipinski definition) is 4. The van der Waals surface area contributed by atoms with Crippen molar-refractivity contribution in [2.75, 3.05) is 26.0 Å². The van der Waals surface area contributed by atoms with Crippen molar-refractivity contribution < 1.29 is 18.7 Å². The van der Waals surface area contributed by atoms with Gasteiger partial charge in [-0.15, -0.1) is 0 Å². The Labute approximate surface area is 161 Å². The Balaban J connectivity index is 1.51. The van der Waals surface area contributed by atoms with Crippen LogP contribution in [-0.4, -0.2) is 66.5 Å². The van der Waals surface area contributed by atoms with Gasteiger partial charge in [-0.1, -0.05) is 19.3 Å². The van der Waals surface area contributed by atoms with Crippen LogP contribution in [0.1, 0.15) is 64.2 Å². The molecular weight excluding hydrogens is 353 g/mol. The van der Waals surface area contributed by atoms with Crippen molar-refractivity contribution in [3.8, 4) is 0 Å². The molecule has 0 aromatic carbocycles. The summed E-state index contributed by atoms with van der Waals surface area (Å²) in [4.78, 5) is 15.1. The summed E-state index contributed by atoms with van der Waals surface area (Å²) in [6.45, 7) is 0.961. The fraction of sp³-hybridized carbons (Fsp3) is 0.950. The maximum absolute atomic E-state index is 14.0. The zero-order valence-corrected chi connectivity index (χ0v) is 16.9. The largest absolute Gasteiger partial charge is 0.378 e. The van der Waals surface area contributed by atoms with E-state index in [2.05, 4.69) is 4.90 Å². The van der Waals surface area contributed by atoms with E-state index in [9.17, 15) is 9.18 Å². The average molecular weight is 388 g/mol. The molecule has 1 aliphatic heterocycles. The number of methoxy groups -OCH3 is 1. The van der Waals surface area contributed by atoms with Crippen LogP contribution < -0.4 is 0 Å². The third-order valence-electron chi connectivity index (χ3n) is 6.17. The fourth-order valence-corrected chi connectivity index (χ4v) is 5.86. The van der Waals surface area contributed by atoms with Crippen molar-refractivity contribution in [2.45, 2.75) is 93.9 Å². The third kappa shape index (κ3) is 5.59. The molecule has 3 fully saturated rings. The number of amides is 1. The van der Waals surface area contributed by atoms with E-state index in [0.717, 1.165) is 25.8 Å². The van der Waals surface area contributed by atoms with Crippen LogP contribution in [0.4, 0.5) is 4.39 Å². The van der Waals surface area contributed by atoms with E-state index in [1.165, 1.54) is 37.9 Å². The van der Waals surface area contributed by atoms with Gasteiger partial charge in [-0.25, -0.2) is 4.39 Å². The first kappa shape index (κ1) is 20.4. The molecule has 2 aliphatic carbocycles. The molecule has 3 rings (SSSR count). The molecule has 150 valence electrons. The third-order valence-corrected chi connectivity index (χ3v) is 7.55. The maximum Gasteiger partial charge on any atom is 0.248 e. The van der Waals surface area contributed by atoms with Gasteiger partial charge in [-0.2, -0.15) is 11.8 Å². The number of rotatable bonds is 7. The Morgan fingerprint density at radius 2 is 1.92 bits per heavy atom. The van der Waals surface area contributed by atoms with Crippen molar-refractivity contribution in [1.29, 1.82) is 0 Å². The molecule has 4 unspecified atom stereocenters. The predicted molar refractivity (Wildman–Crippen MR) is 103 cm³/mol. The molecule has 6 heteroatoms. The van der Waals surface area contributed by atoms with Gasteiger partial charge in [-0.3, -0.25) is 4.79 Å². The lowest BCUT2D eigenvalue weighted by Crippen LogP contribution is -2.47. The van der Waals surface area contributed by atoms with Crippen LogP contribution in [0.2, 0.25) is 0 Å². The van der Waals surface area contributed by atoms with Gasteiger partial charge in [0, 0.05) is 31.4 Å². The molecule has 26 heavy (non-hydrogen) atoms. The molecule has 1 heterocycles. The number of hydrogen-bond donors (Lipinski definition) is 0. The molecule has 3 aliphatic rings. The van der Waals surface area contributed by atoms with Gasteiger partial charge in [0.1, 0.15) is 12.8 Å². The van der Waals surface area contributed by atoms with Crippen LogP contribution in [0.3, 0.4) is 0 Å². The first-order valence-corrected chi connectivity index (χ1v) is 11.4. The molecule has 0 aromatic rings. The number of alkyl halides is 1. The molecule has 2 saturated carbocycles. The van der Waals surface area contributed by atoms with Crippen LogP contribution in [0.15, 0.2) is 0 Å². The van der Waals surface area contributed by atoms with Crippen molar-refractivity contribution in [3.63, 3.8) is 0 Å². The first-order chi connectivity index (χ1) is 12.7. The molecule has 1 saturated heterocycles. The molecular formula is C20H34FNO3S. The summed E-state index contributed by atoms with van der Waals surface area (Å²) in [5, 5.41) is 0.577. The van der Waals surface area contributed by atoms with Gasteiger partial charge in [0.05, 0.1) is 12.2 Å². The summed E-state index contributed by atoms with van der Waals surface area (Å²) >= 11 is 2.00.